The lowest BCUT2D eigenvalue weighted by Crippen LogP contribution is -2.27. The van der Waals surface area contributed by atoms with Crippen molar-refractivity contribution in [3.8, 4) is 11.5 Å². The highest BCUT2D eigenvalue weighted by Crippen LogP contribution is 2.21. The first-order valence-corrected chi connectivity index (χ1v) is 9.01. The third-order valence-electron chi connectivity index (χ3n) is 4.02. The molecule has 1 amide bonds. The Morgan fingerprint density at radius 1 is 1.31 bits per heavy atom. The van der Waals surface area contributed by atoms with Gasteiger partial charge in [-0.1, -0.05) is 20.8 Å². The molecule has 3 aromatic rings. The van der Waals surface area contributed by atoms with Crippen LogP contribution >= 0.6 is 0 Å². The molecule has 0 saturated heterocycles. The van der Waals surface area contributed by atoms with Gasteiger partial charge < -0.3 is 14.8 Å². The van der Waals surface area contributed by atoms with Crippen LogP contribution in [0.15, 0.2) is 30.5 Å². The van der Waals surface area contributed by atoms with Crippen LogP contribution in [0, 0.1) is 0 Å². The van der Waals surface area contributed by atoms with Crippen LogP contribution in [0.4, 0.5) is 5.82 Å². The molecule has 0 aromatic carbocycles. The van der Waals surface area contributed by atoms with Crippen LogP contribution in [0.1, 0.15) is 37.6 Å². The molecule has 0 saturated carbocycles. The molecule has 1 N–H and O–H groups in total. The van der Waals surface area contributed by atoms with Crippen LogP contribution in [0.2, 0.25) is 0 Å². The fraction of sp³-hybridized carbons (Fsp3) is 0.421. The van der Waals surface area contributed by atoms with Crippen LogP contribution in [-0.2, 0) is 7.05 Å². The first-order valence-electron chi connectivity index (χ1n) is 9.01. The number of hydrogen-bond donors (Lipinski definition) is 1. The maximum atomic E-state index is 12.6. The summed E-state index contributed by atoms with van der Waals surface area (Å²) in [4.78, 5) is 18.9. The van der Waals surface area contributed by atoms with Crippen molar-refractivity contribution < 1.29 is 4.79 Å². The minimum Gasteiger partial charge on any atom is -0.373 e. The van der Waals surface area contributed by atoms with E-state index in [1.54, 1.807) is 15.5 Å². The highest BCUT2D eigenvalue weighted by Gasteiger charge is 2.17. The van der Waals surface area contributed by atoms with Gasteiger partial charge in [-0.2, -0.15) is 4.52 Å². The molecule has 140 valence electrons. The number of hydrogen-bond acceptors (Lipinski definition) is 4. The van der Waals surface area contributed by atoms with Gasteiger partial charge in [0.1, 0.15) is 5.82 Å². The zero-order valence-electron chi connectivity index (χ0n) is 16.4. The van der Waals surface area contributed by atoms with Crippen molar-refractivity contribution in [2.24, 2.45) is 7.05 Å². The van der Waals surface area contributed by atoms with Crippen molar-refractivity contribution in [3.05, 3.63) is 36.0 Å². The summed E-state index contributed by atoms with van der Waals surface area (Å²) in [7, 11) is 5.58. The normalized spacial score (nSPS) is 10.4. The molecular formula is C19H28N6O. The van der Waals surface area contributed by atoms with Crippen LogP contribution < -0.4 is 5.32 Å². The van der Waals surface area contributed by atoms with Crippen molar-refractivity contribution in [1.29, 1.82) is 0 Å². The third-order valence-corrected chi connectivity index (χ3v) is 4.02. The highest BCUT2D eigenvalue weighted by molar-refractivity contribution is 5.96. The highest BCUT2D eigenvalue weighted by atomic mass is 16.2. The van der Waals surface area contributed by atoms with E-state index in [0.717, 1.165) is 24.5 Å². The molecule has 0 aliphatic rings. The quantitative estimate of drug-likeness (QED) is 0.762. The molecule has 0 bridgehead atoms. The Balaban J connectivity index is 0.00000117. The summed E-state index contributed by atoms with van der Waals surface area (Å²) >= 11 is 0. The molecule has 0 unspecified atom stereocenters. The lowest BCUT2D eigenvalue weighted by Gasteiger charge is -2.16. The van der Waals surface area contributed by atoms with Gasteiger partial charge in [-0.05, 0) is 30.7 Å². The Morgan fingerprint density at radius 2 is 2.04 bits per heavy atom. The minimum atomic E-state index is -0.0146. The van der Waals surface area contributed by atoms with E-state index in [1.165, 1.54) is 0 Å². The third kappa shape index (κ3) is 3.71. The number of carbonyl (C=O) groups is 1. The summed E-state index contributed by atoms with van der Waals surface area (Å²) < 4.78 is 3.69. The van der Waals surface area contributed by atoms with Gasteiger partial charge >= 0.3 is 0 Å². The summed E-state index contributed by atoms with van der Waals surface area (Å²) in [5.41, 5.74) is 2.18. The molecular weight excluding hydrogens is 328 g/mol. The Kier molecular flexibility index (Phi) is 6.38. The van der Waals surface area contributed by atoms with Gasteiger partial charge in [0.25, 0.3) is 5.91 Å². The summed E-state index contributed by atoms with van der Waals surface area (Å²) in [5.74, 6) is 1.35. The number of aryl methyl sites for hydroxylation is 1. The predicted octanol–water partition coefficient (Wildman–Crippen LogP) is 3.28. The summed E-state index contributed by atoms with van der Waals surface area (Å²) in [6, 6.07) is 7.52. The minimum absolute atomic E-state index is 0.0146. The lowest BCUT2D eigenvalue weighted by atomic mass is 10.2. The molecule has 7 nitrogen and oxygen atoms in total. The molecule has 0 aliphatic heterocycles. The summed E-state index contributed by atoms with van der Waals surface area (Å²) in [6.45, 7) is 6.77. The number of carbonyl (C=O) groups excluding carboxylic acids is 1. The average Bonchev–Trinajstić information content (AvgIpc) is 3.27. The summed E-state index contributed by atoms with van der Waals surface area (Å²) in [5, 5.41) is 7.66. The van der Waals surface area contributed by atoms with Crippen molar-refractivity contribution in [1.82, 2.24) is 24.1 Å². The number of rotatable bonds is 5. The van der Waals surface area contributed by atoms with Crippen molar-refractivity contribution in [3.63, 3.8) is 0 Å². The Labute approximate surface area is 154 Å². The van der Waals surface area contributed by atoms with Gasteiger partial charge in [0.2, 0.25) is 0 Å². The zero-order chi connectivity index (χ0) is 19.3. The topological polar surface area (TPSA) is 67.5 Å². The number of fused-ring (bicyclic) bond motifs is 1. The first kappa shape index (κ1) is 19.5. The van der Waals surface area contributed by atoms with Crippen LogP contribution in [-0.4, -0.2) is 50.6 Å². The van der Waals surface area contributed by atoms with E-state index in [4.69, 9.17) is 0 Å². The molecule has 0 radical (unpaired) electrons. The second kappa shape index (κ2) is 8.51. The second-order valence-corrected chi connectivity index (χ2v) is 5.82. The summed E-state index contributed by atoms with van der Waals surface area (Å²) in [6.07, 6.45) is 2.88. The average molecular weight is 356 g/mol. The molecule has 26 heavy (non-hydrogen) atoms. The number of nitrogens with one attached hydrogen (secondary N) is 1. The zero-order valence-corrected chi connectivity index (χ0v) is 16.4. The molecule has 7 heteroatoms. The molecule has 0 aliphatic carbocycles. The van der Waals surface area contributed by atoms with E-state index >= 15 is 0 Å². The van der Waals surface area contributed by atoms with Crippen LogP contribution in [0.3, 0.4) is 0 Å². The Bertz CT molecular complexity index is 879. The van der Waals surface area contributed by atoms with E-state index in [1.807, 2.05) is 64.0 Å². The predicted molar refractivity (Wildman–Crippen MR) is 106 cm³/mol. The number of anilines is 1. The van der Waals surface area contributed by atoms with E-state index < -0.39 is 0 Å². The second-order valence-electron chi connectivity index (χ2n) is 5.82. The van der Waals surface area contributed by atoms with Gasteiger partial charge in [0, 0.05) is 39.4 Å². The van der Waals surface area contributed by atoms with E-state index in [2.05, 4.69) is 22.3 Å². The standard InChI is InChI=1S/C17H22N6O.C2H6/c1-5-8-22(4)17(24)12-10-14(18-2)23-15(11-12)19-16(20-23)13-7-6-9-21(13)3;1-2/h6-7,9-11,18H,5,8H2,1-4H3;1-2H3. The van der Waals surface area contributed by atoms with E-state index in [-0.39, 0.29) is 5.91 Å². The molecule has 3 heterocycles. The van der Waals surface area contributed by atoms with Crippen LogP contribution in [0.25, 0.3) is 17.2 Å². The number of pyridine rings is 1. The molecule has 3 rings (SSSR count). The van der Waals surface area contributed by atoms with Gasteiger partial charge in [-0.25, -0.2) is 4.98 Å². The number of nitrogens with zero attached hydrogens (tertiary/aromatic N) is 5. The largest absolute Gasteiger partial charge is 0.373 e. The fourth-order valence-electron chi connectivity index (χ4n) is 2.74. The van der Waals surface area contributed by atoms with Crippen molar-refractivity contribution in [2.45, 2.75) is 27.2 Å². The Hall–Kier alpha value is -2.83. The molecule has 3 aromatic heterocycles. The van der Waals surface area contributed by atoms with Crippen molar-refractivity contribution >= 4 is 17.4 Å². The number of aromatic nitrogens is 4. The van der Waals surface area contributed by atoms with Gasteiger partial charge in [-0.15, -0.1) is 5.10 Å². The smallest absolute Gasteiger partial charge is 0.253 e. The van der Waals surface area contributed by atoms with Crippen LogP contribution in [0.5, 0.6) is 0 Å². The monoisotopic (exact) mass is 356 g/mol. The Morgan fingerprint density at radius 3 is 2.62 bits per heavy atom. The lowest BCUT2D eigenvalue weighted by molar-refractivity contribution is 0.0795. The van der Waals surface area contributed by atoms with Gasteiger partial charge in [-0.3, -0.25) is 4.79 Å². The van der Waals surface area contributed by atoms with E-state index in [9.17, 15) is 4.79 Å². The van der Waals surface area contributed by atoms with E-state index in [0.29, 0.717) is 17.0 Å². The number of amides is 1. The maximum Gasteiger partial charge on any atom is 0.253 e. The molecule has 0 spiro atoms. The maximum absolute atomic E-state index is 12.6. The fourth-order valence-corrected chi connectivity index (χ4v) is 2.74. The molecule has 0 atom stereocenters. The van der Waals surface area contributed by atoms with Gasteiger partial charge in [0.15, 0.2) is 11.5 Å². The van der Waals surface area contributed by atoms with Crippen molar-refractivity contribution in [2.75, 3.05) is 26.0 Å². The van der Waals surface area contributed by atoms with Gasteiger partial charge in [0.05, 0.1) is 5.69 Å². The SMILES string of the molecule is CC.CCCN(C)C(=O)c1cc(NC)n2nc(-c3cccn3C)nc2c1. The molecule has 0 fully saturated rings. The first-order chi connectivity index (χ1) is 12.5.